The fraction of sp³-hybridized carbons (Fsp3) is 0.273. The fourth-order valence-corrected chi connectivity index (χ4v) is 1.67. The summed E-state index contributed by atoms with van der Waals surface area (Å²) in [6, 6.07) is 4.12. The minimum absolute atomic E-state index is 0.0223. The fourth-order valence-electron chi connectivity index (χ4n) is 1.50. The first-order chi connectivity index (χ1) is 9.02. The van der Waals surface area contributed by atoms with Crippen molar-refractivity contribution in [1.29, 1.82) is 0 Å². The van der Waals surface area contributed by atoms with Gasteiger partial charge in [0.15, 0.2) is 0 Å². The van der Waals surface area contributed by atoms with E-state index in [2.05, 4.69) is 10.1 Å². The van der Waals surface area contributed by atoms with E-state index < -0.39 is 11.0 Å². The van der Waals surface area contributed by atoms with Crippen molar-refractivity contribution in [1.82, 2.24) is 10.1 Å². The second-order valence-electron chi connectivity index (χ2n) is 3.80. The summed E-state index contributed by atoms with van der Waals surface area (Å²) in [5, 5.41) is 24.4. The quantitative estimate of drug-likeness (QED) is 0.683. The Morgan fingerprint density at radius 2 is 2.32 bits per heavy atom. The Morgan fingerprint density at radius 3 is 2.95 bits per heavy atom. The molecule has 2 rings (SSSR count). The number of rotatable bonds is 4. The number of benzene rings is 1. The van der Waals surface area contributed by atoms with Crippen LogP contribution in [0.3, 0.4) is 0 Å². The van der Waals surface area contributed by atoms with E-state index in [-0.39, 0.29) is 28.0 Å². The molecule has 0 spiro atoms. The van der Waals surface area contributed by atoms with Gasteiger partial charge in [-0.1, -0.05) is 23.7 Å². The number of hydrogen-bond donors (Lipinski definition) is 1. The molecule has 8 heteroatoms. The number of aliphatic hydroxyl groups is 1. The molecule has 0 amide bonds. The Hall–Kier alpha value is -1.99. The molecule has 1 heterocycles. The number of nitrogens with zero attached hydrogens (tertiary/aromatic N) is 3. The predicted molar refractivity (Wildman–Crippen MR) is 66.6 cm³/mol. The first-order valence-electron chi connectivity index (χ1n) is 5.49. The van der Waals surface area contributed by atoms with E-state index in [1.54, 1.807) is 6.92 Å². The summed E-state index contributed by atoms with van der Waals surface area (Å²) in [6.45, 7) is 1.76. The summed E-state index contributed by atoms with van der Waals surface area (Å²) >= 11 is 5.72. The van der Waals surface area contributed by atoms with Crippen LogP contribution in [-0.4, -0.2) is 20.2 Å². The summed E-state index contributed by atoms with van der Waals surface area (Å²) in [6.07, 6.45) is -0.439. The van der Waals surface area contributed by atoms with E-state index in [9.17, 15) is 15.2 Å². The molecule has 0 aliphatic rings. The molecule has 0 bridgehead atoms. The topological polar surface area (TPSA) is 102 Å². The van der Waals surface area contributed by atoms with Crippen molar-refractivity contribution in [2.75, 3.05) is 0 Å². The van der Waals surface area contributed by atoms with Gasteiger partial charge < -0.3 is 9.63 Å². The lowest BCUT2D eigenvalue weighted by Gasteiger charge is -1.99. The number of aromatic nitrogens is 2. The minimum atomic E-state index is -0.858. The number of aliphatic hydroxyl groups excluding tert-OH is 1. The molecular formula is C11H10ClN3O4. The van der Waals surface area contributed by atoms with Gasteiger partial charge in [0, 0.05) is 11.1 Å². The molecule has 2 aromatic rings. The number of halogens is 1. The molecule has 1 unspecified atom stereocenters. The lowest BCUT2D eigenvalue weighted by atomic mass is 10.2. The van der Waals surface area contributed by atoms with E-state index in [1.807, 2.05) is 0 Å². The highest BCUT2D eigenvalue weighted by atomic mass is 35.5. The van der Waals surface area contributed by atoms with Gasteiger partial charge in [-0.25, -0.2) is 0 Å². The van der Waals surface area contributed by atoms with E-state index in [1.165, 1.54) is 18.2 Å². The highest BCUT2D eigenvalue weighted by Gasteiger charge is 2.22. The molecule has 19 heavy (non-hydrogen) atoms. The van der Waals surface area contributed by atoms with E-state index in [0.29, 0.717) is 6.42 Å². The van der Waals surface area contributed by atoms with E-state index in [4.69, 9.17) is 16.1 Å². The third-order valence-electron chi connectivity index (χ3n) is 2.51. The lowest BCUT2D eigenvalue weighted by Crippen LogP contribution is -1.97. The molecule has 1 atom stereocenters. The molecule has 1 aromatic carbocycles. The van der Waals surface area contributed by atoms with Gasteiger partial charge in [-0.2, -0.15) is 4.98 Å². The molecule has 0 aliphatic heterocycles. The molecule has 1 N–H and O–H groups in total. The molecule has 0 saturated carbocycles. The van der Waals surface area contributed by atoms with Crippen molar-refractivity contribution < 1.29 is 14.6 Å². The van der Waals surface area contributed by atoms with Crippen LogP contribution < -0.4 is 0 Å². The maximum Gasteiger partial charge on any atom is 0.283 e. The zero-order chi connectivity index (χ0) is 14.0. The summed E-state index contributed by atoms with van der Waals surface area (Å²) in [4.78, 5) is 14.3. The van der Waals surface area contributed by atoms with Gasteiger partial charge >= 0.3 is 0 Å². The Balaban J connectivity index is 2.47. The van der Waals surface area contributed by atoms with Crippen LogP contribution in [-0.2, 0) is 0 Å². The third kappa shape index (κ3) is 2.72. The minimum Gasteiger partial charge on any atom is -0.385 e. The highest BCUT2D eigenvalue weighted by molar-refractivity contribution is 6.30. The van der Waals surface area contributed by atoms with Crippen molar-refractivity contribution in [2.45, 2.75) is 19.4 Å². The predicted octanol–water partition coefficient (Wildman–Crippen LogP) is 2.74. The zero-order valence-electron chi connectivity index (χ0n) is 9.91. The van der Waals surface area contributed by atoms with Crippen molar-refractivity contribution in [3.8, 4) is 11.5 Å². The first-order valence-corrected chi connectivity index (χ1v) is 5.86. The summed E-state index contributed by atoms with van der Waals surface area (Å²) < 4.78 is 4.94. The van der Waals surface area contributed by atoms with Crippen molar-refractivity contribution in [3.63, 3.8) is 0 Å². The SMILES string of the molecule is CCC(O)c1noc(-c2ccc(Cl)cc2[N+](=O)[O-])n1. The van der Waals surface area contributed by atoms with Crippen LogP contribution in [0, 0.1) is 10.1 Å². The van der Waals surface area contributed by atoms with Crippen molar-refractivity contribution >= 4 is 17.3 Å². The summed E-state index contributed by atoms with van der Waals surface area (Å²) in [5.41, 5.74) is -0.0647. The normalized spacial score (nSPS) is 12.4. The zero-order valence-corrected chi connectivity index (χ0v) is 10.7. The van der Waals surface area contributed by atoms with Crippen molar-refractivity contribution in [3.05, 3.63) is 39.2 Å². The van der Waals surface area contributed by atoms with Crippen LogP contribution in [0.1, 0.15) is 25.3 Å². The number of nitro groups is 1. The number of nitro benzene ring substituents is 1. The molecule has 0 aliphatic carbocycles. The van der Waals surface area contributed by atoms with Crippen molar-refractivity contribution in [2.24, 2.45) is 0 Å². The Labute approximate surface area is 113 Å². The molecule has 0 radical (unpaired) electrons. The van der Waals surface area contributed by atoms with Crippen LogP contribution in [0.5, 0.6) is 0 Å². The standard InChI is InChI=1S/C11H10ClN3O4/c1-2-9(16)10-13-11(19-14-10)7-4-3-6(12)5-8(7)15(17)18/h3-5,9,16H,2H2,1H3. The molecule has 100 valence electrons. The summed E-state index contributed by atoms with van der Waals surface area (Å²) in [5.74, 6) is 0.0765. The van der Waals surface area contributed by atoms with Gasteiger partial charge in [-0.15, -0.1) is 0 Å². The van der Waals surface area contributed by atoms with Gasteiger partial charge in [-0.3, -0.25) is 10.1 Å². The Morgan fingerprint density at radius 1 is 1.58 bits per heavy atom. The highest BCUT2D eigenvalue weighted by Crippen LogP contribution is 2.31. The summed E-state index contributed by atoms with van der Waals surface area (Å²) in [7, 11) is 0. The largest absolute Gasteiger partial charge is 0.385 e. The monoisotopic (exact) mass is 283 g/mol. The number of hydrogen-bond acceptors (Lipinski definition) is 6. The smallest absolute Gasteiger partial charge is 0.283 e. The van der Waals surface area contributed by atoms with Crippen LogP contribution in [0.4, 0.5) is 5.69 Å². The molecule has 7 nitrogen and oxygen atoms in total. The molecular weight excluding hydrogens is 274 g/mol. The Bertz CT molecular complexity index is 614. The van der Waals surface area contributed by atoms with E-state index >= 15 is 0 Å². The molecule has 0 saturated heterocycles. The van der Waals surface area contributed by atoms with E-state index in [0.717, 1.165) is 0 Å². The lowest BCUT2D eigenvalue weighted by molar-refractivity contribution is -0.384. The first kappa shape index (κ1) is 13.4. The van der Waals surface area contributed by atoms with Gasteiger partial charge in [0.2, 0.25) is 5.82 Å². The average Bonchev–Trinajstić information content (AvgIpc) is 2.87. The van der Waals surface area contributed by atoms with Crippen LogP contribution in [0.15, 0.2) is 22.7 Å². The third-order valence-corrected chi connectivity index (χ3v) is 2.75. The second-order valence-corrected chi connectivity index (χ2v) is 4.24. The van der Waals surface area contributed by atoms with Gasteiger partial charge in [-0.05, 0) is 18.6 Å². The van der Waals surface area contributed by atoms with Crippen LogP contribution in [0.25, 0.3) is 11.5 Å². The maximum atomic E-state index is 11.0. The van der Waals surface area contributed by atoms with Crippen LogP contribution >= 0.6 is 11.6 Å². The average molecular weight is 284 g/mol. The van der Waals surface area contributed by atoms with Gasteiger partial charge in [0.05, 0.1) is 4.92 Å². The van der Waals surface area contributed by atoms with Gasteiger partial charge in [0.1, 0.15) is 11.7 Å². The molecule has 1 aromatic heterocycles. The molecule has 0 fully saturated rings. The second kappa shape index (κ2) is 5.33. The maximum absolute atomic E-state index is 11.0. The Kier molecular flexibility index (Phi) is 3.77. The van der Waals surface area contributed by atoms with Gasteiger partial charge in [0.25, 0.3) is 11.6 Å². The van der Waals surface area contributed by atoms with Crippen LogP contribution in [0.2, 0.25) is 5.02 Å².